The Hall–Kier alpha value is -3.25. The van der Waals surface area contributed by atoms with Crippen molar-refractivity contribution in [2.45, 2.75) is 45.1 Å². The van der Waals surface area contributed by atoms with Crippen molar-refractivity contribution >= 4 is 5.91 Å². The summed E-state index contributed by atoms with van der Waals surface area (Å²) >= 11 is 0. The minimum absolute atomic E-state index is 0.0821. The van der Waals surface area contributed by atoms with E-state index in [0.29, 0.717) is 18.7 Å². The Kier molecular flexibility index (Phi) is 8.15. The molecule has 37 heavy (non-hydrogen) atoms. The third-order valence-corrected chi connectivity index (χ3v) is 7.99. The van der Waals surface area contributed by atoms with Crippen LogP contribution < -0.4 is 4.74 Å². The first-order valence-corrected chi connectivity index (χ1v) is 13.5. The van der Waals surface area contributed by atoms with Gasteiger partial charge in [0, 0.05) is 56.2 Å². The first-order valence-electron chi connectivity index (χ1n) is 13.5. The number of nitrogens with zero attached hydrogens (tertiary/aromatic N) is 3. The van der Waals surface area contributed by atoms with Crippen LogP contribution in [0.25, 0.3) is 0 Å². The van der Waals surface area contributed by atoms with Crippen molar-refractivity contribution < 1.29 is 13.9 Å². The number of hydrogen-bond acceptors (Lipinski definition) is 4. The highest BCUT2D eigenvalue weighted by molar-refractivity contribution is 5.94. The second kappa shape index (κ2) is 11.9. The SMILES string of the molecule is O=C(c1ccncc1)N1CCC2(CCCCc3ccccc3OCCN(Cc3ccccc3F)C2)CC1. The third kappa shape index (κ3) is 6.37. The molecule has 0 atom stereocenters. The lowest BCUT2D eigenvalue weighted by atomic mass is 9.73. The molecule has 0 saturated carbocycles. The summed E-state index contributed by atoms with van der Waals surface area (Å²) in [4.78, 5) is 21.5. The van der Waals surface area contributed by atoms with Gasteiger partial charge in [0.25, 0.3) is 5.91 Å². The maximum atomic E-state index is 14.6. The number of carbonyl (C=O) groups excluding carboxylic acids is 1. The number of aromatic nitrogens is 1. The van der Waals surface area contributed by atoms with E-state index in [9.17, 15) is 9.18 Å². The van der Waals surface area contributed by atoms with E-state index >= 15 is 0 Å². The molecule has 0 N–H and O–H groups in total. The van der Waals surface area contributed by atoms with E-state index < -0.39 is 0 Å². The van der Waals surface area contributed by atoms with Gasteiger partial charge in [-0.1, -0.05) is 42.8 Å². The average Bonchev–Trinajstić information content (AvgIpc) is 2.93. The van der Waals surface area contributed by atoms with Crippen LogP contribution in [-0.2, 0) is 13.0 Å². The Morgan fingerprint density at radius 1 is 0.919 bits per heavy atom. The fraction of sp³-hybridized carbons (Fsp3) is 0.419. The lowest BCUT2D eigenvalue weighted by Crippen LogP contribution is -2.48. The molecular weight excluding hydrogens is 465 g/mol. The largest absolute Gasteiger partial charge is 0.492 e. The number of halogens is 1. The van der Waals surface area contributed by atoms with Gasteiger partial charge in [-0.3, -0.25) is 14.7 Å². The van der Waals surface area contributed by atoms with Gasteiger partial charge >= 0.3 is 0 Å². The van der Waals surface area contributed by atoms with Crippen molar-refractivity contribution in [2.75, 3.05) is 32.8 Å². The van der Waals surface area contributed by atoms with Crippen LogP contribution >= 0.6 is 0 Å². The maximum absolute atomic E-state index is 14.6. The molecule has 2 aliphatic rings. The number of likely N-dealkylation sites (tertiary alicyclic amines) is 1. The smallest absolute Gasteiger partial charge is 0.253 e. The number of fused-ring (bicyclic) bond motifs is 1. The molecule has 1 fully saturated rings. The average molecular weight is 502 g/mol. The van der Waals surface area contributed by atoms with E-state index in [4.69, 9.17) is 4.74 Å². The van der Waals surface area contributed by atoms with Gasteiger partial charge in [0.1, 0.15) is 18.2 Å². The Morgan fingerprint density at radius 3 is 2.49 bits per heavy atom. The van der Waals surface area contributed by atoms with E-state index in [2.05, 4.69) is 28.1 Å². The van der Waals surface area contributed by atoms with Gasteiger partial charge < -0.3 is 9.64 Å². The molecule has 2 aliphatic heterocycles. The number of amides is 1. The minimum atomic E-state index is -0.160. The highest BCUT2D eigenvalue weighted by Gasteiger charge is 2.37. The van der Waals surface area contributed by atoms with Gasteiger partial charge in [-0.15, -0.1) is 0 Å². The number of hydrogen-bond donors (Lipinski definition) is 0. The molecule has 0 bridgehead atoms. The second-order valence-electron chi connectivity index (χ2n) is 10.5. The van der Waals surface area contributed by atoms with Crippen molar-refractivity contribution in [3.05, 3.63) is 95.6 Å². The zero-order valence-corrected chi connectivity index (χ0v) is 21.4. The molecule has 0 aliphatic carbocycles. The molecule has 0 unspecified atom stereocenters. The summed E-state index contributed by atoms with van der Waals surface area (Å²) in [5.74, 6) is 0.886. The van der Waals surface area contributed by atoms with Crippen LogP contribution in [0.4, 0.5) is 4.39 Å². The summed E-state index contributed by atoms with van der Waals surface area (Å²) in [7, 11) is 0. The van der Waals surface area contributed by atoms with E-state index in [-0.39, 0.29) is 17.1 Å². The number of rotatable bonds is 3. The topological polar surface area (TPSA) is 45.7 Å². The number of pyridine rings is 1. The summed E-state index contributed by atoms with van der Waals surface area (Å²) in [5, 5.41) is 0. The number of benzene rings is 2. The van der Waals surface area contributed by atoms with Gasteiger partial charge in [-0.2, -0.15) is 0 Å². The predicted octanol–water partition coefficient (Wildman–Crippen LogP) is 5.75. The van der Waals surface area contributed by atoms with Crippen molar-refractivity contribution in [1.29, 1.82) is 0 Å². The minimum Gasteiger partial charge on any atom is -0.492 e. The van der Waals surface area contributed by atoms with Crippen molar-refractivity contribution in [3.63, 3.8) is 0 Å². The number of aryl methyl sites for hydroxylation is 1. The fourth-order valence-corrected chi connectivity index (χ4v) is 5.86. The molecule has 1 amide bonds. The van der Waals surface area contributed by atoms with Crippen LogP contribution in [0.2, 0.25) is 0 Å². The zero-order chi connectivity index (χ0) is 25.5. The summed E-state index contributed by atoms with van der Waals surface area (Å²) in [6.45, 7) is 4.21. The van der Waals surface area contributed by atoms with E-state index in [1.807, 2.05) is 23.1 Å². The molecule has 1 saturated heterocycles. The molecule has 6 heteroatoms. The molecule has 0 radical (unpaired) electrons. The number of piperidine rings is 1. The molecular formula is C31H36FN3O2. The molecule has 194 valence electrons. The Bertz CT molecular complexity index is 1180. The Labute approximate surface area is 219 Å². The number of ether oxygens (including phenoxy) is 1. The van der Waals surface area contributed by atoms with E-state index in [0.717, 1.165) is 76.0 Å². The van der Waals surface area contributed by atoms with Crippen LogP contribution in [0.1, 0.15) is 53.6 Å². The normalized spacial score (nSPS) is 18.8. The van der Waals surface area contributed by atoms with Crippen LogP contribution in [0.3, 0.4) is 0 Å². The zero-order valence-electron chi connectivity index (χ0n) is 21.4. The molecule has 2 aromatic carbocycles. The van der Waals surface area contributed by atoms with Crippen molar-refractivity contribution in [2.24, 2.45) is 5.41 Å². The highest BCUT2D eigenvalue weighted by atomic mass is 19.1. The Balaban J connectivity index is 1.34. The van der Waals surface area contributed by atoms with Gasteiger partial charge in [-0.25, -0.2) is 4.39 Å². The van der Waals surface area contributed by atoms with Crippen molar-refractivity contribution in [1.82, 2.24) is 14.8 Å². The number of carbonyl (C=O) groups is 1. The molecule has 3 heterocycles. The third-order valence-electron chi connectivity index (χ3n) is 7.99. The fourth-order valence-electron chi connectivity index (χ4n) is 5.86. The van der Waals surface area contributed by atoms with Crippen LogP contribution in [0, 0.1) is 11.2 Å². The number of para-hydroxylation sites is 1. The Morgan fingerprint density at radius 2 is 1.68 bits per heavy atom. The first-order chi connectivity index (χ1) is 18.1. The standard InChI is InChI=1S/C31H36FN3O2/c32-28-10-3-1-9-27(28)23-34-21-22-37-29-11-4-2-7-25(29)8-5-6-14-31(24-34)15-19-35(20-16-31)30(36)26-12-17-33-18-13-26/h1-4,7,9-13,17-18H,5-6,8,14-16,19-24H2. The quantitative estimate of drug-likeness (QED) is 0.458. The monoisotopic (exact) mass is 501 g/mol. The van der Waals surface area contributed by atoms with Gasteiger partial charge in [-0.05, 0) is 67.3 Å². The molecule has 1 aromatic heterocycles. The molecule has 5 rings (SSSR count). The summed E-state index contributed by atoms with van der Waals surface area (Å²) in [5.41, 5.74) is 2.77. The van der Waals surface area contributed by atoms with Crippen LogP contribution in [0.15, 0.2) is 73.1 Å². The van der Waals surface area contributed by atoms with Crippen LogP contribution in [-0.4, -0.2) is 53.5 Å². The molecule has 5 nitrogen and oxygen atoms in total. The molecule has 1 spiro atoms. The summed E-state index contributed by atoms with van der Waals surface area (Å²) in [6.07, 6.45) is 9.61. The lowest BCUT2D eigenvalue weighted by Gasteiger charge is -2.45. The summed E-state index contributed by atoms with van der Waals surface area (Å²) in [6, 6.07) is 19.0. The first kappa shape index (κ1) is 25.4. The van der Waals surface area contributed by atoms with Gasteiger partial charge in [0.15, 0.2) is 0 Å². The van der Waals surface area contributed by atoms with Gasteiger partial charge in [0.2, 0.25) is 0 Å². The van der Waals surface area contributed by atoms with Crippen molar-refractivity contribution in [3.8, 4) is 5.75 Å². The van der Waals surface area contributed by atoms with Gasteiger partial charge in [0.05, 0.1) is 0 Å². The second-order valence-corrected chi connectivity index (χ2v) is 10.5. The van der Waals surface area contributed by atoms with Crippen LogP contribution in [0.5, 0.6) is 5.75 Å². The predicted molar refractivity (Wildman–Crippen MR) is 143 cm³/mol. The molecule has 3 aromatic rings. The van der Waals surface area contributed by atoms with E-state index in [1.165, 1.54) is 11.6 Å². The maximum Gasteiger partial charge on any atom is 0.253 e. The summed E-state index contributed by atoms with van der Waals surface area (Å²) < 4.78 is 20.9. The lowest BCUT2D eigenvalue weighted by molar-refractivity contribution is 0.0359. The van der Waals surface area contributed by atoms with E-state index in [1.54, 1.807) is 30.6 Å². The highest BCUT2D eigenvalue weighted by Crippen LogP contribution is 2.39.